The first-order valence-corrected chi connectivity index (χ1v) is 19.9. The molecule has 0 aliphatic carbocycles. The monoisotopic (exact) mass is 790 g/mol. The molecule has 2 aromatic carbocycles. The van der Waals surface area contributed by atoms with E-state index in [0.29, 0.717) is 11.1 Å². The Kier molecular flexibility index (Phi) is 12.3. The second-order valence-electron chi connectivity index (χ2n) is 11.7. The summed E-state index contributed by atoms with van der Waals surface area (Å²) in [6, 6.07) is 23.1. The lowest BCUT2D eigenvalue weighted by molar-refractivity contribution is -0.140. The maximum Gasteiger partial charge on any atom is 0.333 e. The Labute approximate surface area is 327 Å². The number of hydrogen-bond donors (Lipinski definition) is 2. The number of amides is 2. The van der Waals surface area contributed by atoms with Crippen molar-refractivity contribution in [2.45, 2.75) is 31.1 Å². The molecule has 0 atom stereocenters. The van der Waals surface area contributed by atoms with Crippen LogP contribution in [-0.2, 0) is 28.7 Å². The Balaban J connectivity index is 0.923. The van der Waals surface area contributed by atoms with Crippen LogP contribution in [0.1, 0.15) is 35.1 Å². The molecular weight excluding hydrogens is 761 g/mol. The molecule has 2 aliphatic heterocycles. The fraction of sp³-hybridized carbons (Fsp3) is 0.150. The molecule has 2 N–H and O–H groups in total. The van der Waals surface area contributed by atoms with E-state index in [0.717, 1.165) is 40.5 Å². The Bertz CT molecular complexity index is 2190. The number of thiophene rings is 2. The fourth-order valence-electron chi connectivity index (χ4n) is 5.62. The number of nitriles is 2. The summed E-state index contributed by atoms with van der Waals surface area (Å²) in [5.74, 6) is -2.57. The second-order valence-corrected chi connectivity index (χ2v) is 16.1. The Hall–Kier alpha value is -5.64. The van der Waals surface area contributed by atoms with Gasteiger partial charge in [0.05, 0.1) is 21.5 Å². The third-order valence-corrected chi connectivity index (χ3v) is 12.7. The summed E-state index contributed by atoms with van der Waals surface area (Å²) >= 11 is 6.28. The van der Waals surface area contributed by atoms with Crippen molar-refractivity contribution in [2.75, 3.05) is 26.3 Å². The molecule has 10 nitrogen and oxygen atoms in total. The number of nitrogens with one attached hydrogen (secondary N) is 2. The van der Waals surface area contributed by atoms with Crippen LogP contribution in [-0.4, -0.2) is 50.1 Å². The average molecular weight is 791 g/mol. The van der Waals surface area contributed by atoms with Gasteiger partial charge in [-0.3, -0.25) is 9.59 Å². The number of ether oxygens (including phenoxy) is 2. The van der Waals surface area contributed by atoms with Crippen LogP contribution in [0.15, 0.2) is 125 Å². The van der Waals surface area contributed by atoms with E-state index in [-0.39, 0.29) is 61.4 Å². The van der Waals surface area contributed by atoms with Crippen LogP contribution in [0.25, 0.3) is 11.1 Å². The van der Waals surface area contributed by atoms with Gasteiger partial charge in [-0.15, -0.1) is 22.7 Å². The summed E-state index contributed by atoms with van der Waals surface area (Å²) in [5.41, 5.74) is 4.54. The number of benzene rings is 2. The summed E-state index contributed by atoms with van der Waals surface area (Å²) < 4.78 is 12.5. The van der Waals surface area contributed by atoms with Crippen molar-refractivity contribution in [2.24, 2.45) is 0 Å². The first-order chi connectivity index (χ1) is 26.2. The van der Waals surface area contributed by atoms with Crippen molar-refractivity contribution >= 4 is 81.1 Å². The molecule has 0 saturated heterocycles. The highest BCUT2D eigenvalue weighted by Crippen LogP contribution is 2.50. The minimum atomic E-state index is -0.704. The predicted octanol–water partition coefficient (Wildman–Crippen LogP) is 7.30. The number of esters is 2. The molecule has 0 unspecified atom stereocenters. The standard InChI is InChI=1S/C40H30N4O6S4/c1-23(37(47)49-17-15-43-35(45)29(21-41)33-25-7-3-5-9-31(25)53-39-27(33)13-19-51-39)11-12-24(2)38(48)50-18-16-44-36(46)30(22-42)34-26-8-4-6-10-32(26)54-40-28(34)14-20-52-40/h3-10,13-14,19-20H,1-2,11-12,15-18H2,(H,43,45)(H,44,46)/b33-29-,34-30+. The van der Waals surface area contributed by atoms with Gasteiger partial charge in [-0.1, -0.05) is 73.1 Å². The van der Waals surface area contributed by atoms with Gasteiger partial charge in [0, 0.05) is 43.2 Å². The van der Waals surface area contributed by atoms with Crippen LogP contribution in [0.2, 0.25) is 0 Å². The molecule has 0 fully saturated rings. The van der Waals surface area contributed by atoms with E-state index >= 15 is 0 Å². The van der Waals surface area contributed by atoms with Gasteiger partial charge < -0.3 is 20.1 Å². The number of hydrogen-bond acceptors (Lipinski definition) is 12. The minimum absolute atomic E-state index is 0.0303. The molecule has 4 aromatic rings. The summed E-state index contributed by atoms with van der Waals surface area (Å²) in [6.07, 6.45) is 0.148. The number of carbonyl (C=O) groups is 4. The van der Waals surface area contributed by atoms with Crippen molar-refractivity contribution in [3.63, 3.8) is 0 Å². The normalized spacial score (nSPS) is 14.0. The third kappa shape index (κ3) is 8.28. The molecule has 2 aliphatic rings. The van der Waals surface area contributed by atoms with Gasteiger partial charge in [0.1, 0.15) is 36.5 Å². The number of rotatable bonds is 13. The molecule has 0 bridgehead atoms. The van der Waals surface area contributed by atoms with Gasteiger partial charge in [0.15, 0.2) is 0 Å². The Morgan fingerprint density at radius 3 is 1.43 bits per heavy atom. The lowest BCUT2D eigenvalue weighted by atomic mass is 9.94. The lowest BCUT2D eigenvalue weighted by Crippen LogP contribution is -2.30. The quantitative estimate of drug-likeness (QED) is 0.0526. The molecule has 4 heterocycles. The SMILES string of the molecule is C=C(CCC(=C)C(=O)OCCNC(=O)/C(C#N)=C1\c2ccccc2Sc2sccc21)C(=O)OCCNC(=O)/C(C#N)=C1/c2ccccc2Sc2sccc21. The first kappa shape index (κ1) is 38.1. The van der Waals surface area contributed by atoms with Crippen molar-refractivity contribution < 1.29 is 28.7 Å². The molecule has 2 amide bonds. The number of nitrogens with zero attached hydrogens (tertiary/aromatic N) is 2. The van der Waals surface area contributed by atoms with Crippen molar-refractivity contribution in [1.82, 2.24) is 10.6 Å². The van der Waals surface area contributed by atoms with Crippen LogP contribution in [0, 0.1) is 22.7 Å². The molecule has 0 radical (unpaired) electrons. The molecule has 2 aromatic heterocycles. The van der Waals surface area contributed by atoms with Crippen molar-refractivity contribution in [3.05, 3.63) is 129 Å². The topological polar surface area (TPSA) is 158 Å². The highest BCUT2D eigenvalue weighted by atomic mass is 32.2. The maximum absolute atomic E-state index is 13.1. The number of fused-ring (bicyclic) bond motifs is 4. The second kappa shape index (κ2) is 17.5. The zero-order valence-corrected chi connectivity index (χ0v) is 31.8. The van der Waals surface area contributed by atoms with Crippen LogP contribution < -0.4 is 10.6 Å². The summed E-state index contributed by atoms with van der Waals surface area (Å²) in [5, 5.41) is 29.1. The molecule has 270 valence electrons. The predicted molar refractivity (Wildman–Crippen MR) is 208 cm³/mol. The summed E-state index contributed by atoms with van der Waals surface area (Å²) in [7, 11) is 0. The van der Waals surface area contributed by atoms with E-state index in [4.69, 9.17) is 9.47 Å². The smallest absolute Gasteiger partial charge is 0.333 e. The van der Waals surface area contributed by atoms with E-state index < -0.39 is 23.8 Å². The molecule has 54 heavy (non-hydrogen) atoms. The third-order valence-electron chi connectivity index (χ3n) is 8.24. The van der Waals surface area contributed by atoms with E-state index in [1.807, 2.05) is 71.4 Å². The highest BCUT2D eigenvalue weighted by molar-refractivity contribution is 8.01. The highest BCUT2D eigenvalue weighted by Gasteiger charge is 2.29. The molecule has 0 saturated carbocycles. The van der Waals surface area contributed by atoms with Crippen LogP contribution in [0.3, 0.4) is 0 Å². The Morgan fingerprint density at radius 2 is 1.02 bits per heavy atom. The van der Waals surface area contributed by atoms with Crippen LogP contribution in [0.5, 0.6) is 0 Å². The van der Waals surface area contributed by atoms with E-state index in [2.05, 4.69) is 35.9 Å². The van der Waals surface area contributed by atoms with Crippen LogP contribution in [0.4, 0.5) is 0 Å². The van der Waals surface area contributed by atoms with E-state index in [9.17, 15) is 29.7 Å². The van der Waals surface area contributed by atoms with Gasteiger partial charge in [0.25, 0.3) is 11.8 Å². The maximum atomic E-state index is 13.1. The zero-order valence-electron chi connectivity index (χ0n) is 28.6. The van der Waals surface area contributed by atoms with Gasteiger partial charge in [-0.25, -0.2) is 9.59 Å². The molecular formula is C40H30N4O6S4. The van der Waals surface area contributed by atoms with Gasteiger partial charge in [-0.2, -0.15) is 10.5 Å². The minimum Gasteiger partial charge on any atom is -0.460 e. The van der Waals surface area contributed by atoms with Gasteiger partial charge >= 0.3 is 11.9 Å². The van der Waals surface area contributed by atoms with Gasteiger partial charge in [-0.05, 0) is 59.0 Å². The fourth-order valence-corrected chi connectivity index (χ4v) is 9.94. The van der Waals surface area contributed by atoms with Crippen molar-refractivity contribution in [1.29, 1.82) is 10.5 Å². The first-order valence-electron chi connectivity index (χ1n) is 16.5. The number of carbonyl (C=O) groups excluding carboxylic acids is 4. The summed E-state index contributed by atoms with van der Waals surface area (Å²) in [6.45, 7) is 7.09. The van der Waals surface area contributed by atoms with Crippen molar-refractivity contribution in [3.8, 4) is 12.1 Å². The van der Waals surface area contributed by atoms with E-state index in [1.165, 1.54) is 0 Å². The Morgan fingerprint density at radius 1 is 0.611 bits per heavy atom. The van der Waals surface area contributed by atoms with Gasteiger partial charge in [0.2, 0.25) is 0 Å². The van der Waals surface area contributed by atoms with Crippen LogP contribution >= 0.6 is 46.2 Å². The largest absolute Gasteiger partial charge is 0.460 e. The molecule has 14 heteroatoms. The average Bonchev–Trinajstić information content (AvgIpc) is 3.86. The summed E-state index contributed by atoms with van der Waals surface area (Å²) in [4.78, 5) is 53.2. The molecule has 6 rings (SSSR count). The van der Waals surface area contributed by atoms with E-state index in [1.54, 1.807) is 46.2 Å². The molecule has 0 spiro atoms. The lowest BCUT2D eigenvalue weighted by Gasteiger charge is -2.20. The zero-order chi connectivity index (χ0) is 38.2.